The Morgan fingerprint density at radius 2 is 1.94 bits per heavy atom. The molecule has 0 aliphatic carbocycles. The van der Waals surface area contributed by atoms with E-state index < -0.39 is 11.9 Å². The zero-order chi connectivity index (χ0) is 26.6. The summed E-state index contributed by atoms with van der Waals surface area (Å²) in [6.07, 6.45) is 1.79. The van der Waals surface area contributed by atoms with Crippen LogP contribution in [0, 0.1) is 0 Å². The Balaban J connectivity index is 1.65. The number of nitrogens with two attached hydrogens (primary N) is 1. The van der Waals surface area contributed by atoms with Gasteiger partial charge >= 0.3 is 165 Å². The van der Waals surface area contributed by atoms with Crippen LogP contribution in [-0.4, -0.2) is 130 Å². The number of rotatable bonds is 6. The van der Waals surface area contributed by atoms with Crippen molar-refractivity contribution in [3.63, 3.8) is 0 Å². The summed E-state index contributed by atoms with van der Waals surface area (Å²) in [4.78, 5) is 44.4. The molecule has 0 aromatic rings. The number of nitrogens with zero attached hydrogens (tertiary/aromatic N) is 8. The van der Waals surface area contributed by atoms with Crippen LogP contribution >= 0.6 is 24.4 Å². The molecular weight excluding hydrogens is 672 g/mol. The summed E-state index contributed by atoms with van der Waals surface area (Å²) in [6.45, 7) is 5.66. The van der Waals surface area contributed by atoms with Crippen LogP contribution in [0.5, 0.6) is 0 Å². The Kier molecular flexibility index (Phi) is 9.90. The van der Waals surface area contributed by atoms with Crippen LogP contribution in [0.1, 0.15) is 6.92 Å². The van der Waals surface area contributed by atoms with Crippen molar-refractivity contribution in [1.82, 2.24) is 25.0 Å². The number of thioether (sulfide) groups is 1. The molecule has 2 amide bonds. The quantitative estimate of drug-likeness (QED) is 0.104. The monoisotopic (exact) mass is 704 g/mol. The fraction of sp³-hybridized carbons (Fsp3) is 0.571. The van der Waals surface area contributed by atoms with E-state index in [-0.39, 0.29) is 22.2 Å². The van der Waals surface area contributed by atoms with Crippen molar-refractivity contribution in [2.75, 3.05) is 60.1 Å². The number of likely N-dealkylation sites (N-methyl/N-ethyl adjacent to an activating group) is 1. The van der Waals surface area contributed by atoms with Gasteiger partial charge in [-0.25, -0.2) is 0 Å². The van der Waals surface area contributed by atoms with E-state index in [4.69, 9.17) is 5.73 Å². The van der Waals surface area contributed by atoms with E-state index in [2.05, 4.69) is 54.9 Å². The predicted octanol–water partition coefficient (Wildman–Crippen LogP) is -1.20. The molecule has 0 radical (unpaired) electrons. The summed E-state index contributed by atoms with van der Waals surface area (Å²) in [7, 11) is 7.27. The van der Waals surface area contributed by atoms with Crippen LogP contribution in [0.4, 0.5) is 0 Å². The number of piperazine rings is 1. The summed E-state index contributed by atoms with van der Waals surface area (Å²) >= 11 is 6.46. The van der Waals surface area contributed by atoms with Gasteiger partial charge in [0.15, 0.2) is 0 Å². The predicted molar refractivity (Wildman–Crippen MR) is 145 cm³/mol. The number of allylic oxidation sites excluding steroid dienone is 1. The summed E-state index contributed by atoms with van der Waals surface area (Å²) in [5.74, 6) is 0.864. The van der Waals surface area contributed by atoms with E-state index in [0.717, 1.165) is 62.8 Å². The van der Waals surface area contributed by atoms with Gasteiger partial charge in [-0.1, -0.05) is 0 Å². The van der Waals surface area contributed by atoms with Crippen LogP contribution in [0.25, 0.3) is 0 Å². The van der Waals surface area contributed by atoms with Crippen molar-refractivity contribution < 1.29 is 28.9 Å². The molecule has 0 aromatic heterocycles. The fourth-order valence-corrected chi connectivity index (χ4v) is 6.86. The van der Waals surface area contributed by atoms with Crippen LogP contribution in [0.15, 0.2) is 31.3 Å². The molecular formula is C21H32N10O2S2W. The SMILES string of the molecule is CN=C(C(=O)N[C@@H]1C(=O)N2C(C)=C(/C=N/N(C)C(=NC)N3CCN(C)CC3)CS[C@H]12)[C](=[W])N=C(N)S. The van der Waals surface area contributed by atoms with Crippen molar-refractivity contribution in [3.05, 3.63) is 11.3 Å². The number of guanidine groups is 1. The zero-order valence-corrected chi connectivity index (χ0v) is 25.6. The van der Waals surface area contributed by atoms with E-state index in [1.807, 2.05) is 14.0 Å². The number of amides is 2. The van der Waals surface area contributed by atoms with Gasteiger partial charge < -0.3 is 9.80 Å². The Morgan fingerprint density at radius 3 is 2.53 bits per heavy atom. The zero-order valence-electron chi connectivity index (χ0n) is 21.0. The van der Waals surface area contributed by atoms with Gasteiger partial charge in [0, 0.05) is 40.3 Å². The molecule has 0 unspecified atom stereocenters. The maximum atomic E-state index is 12.9. The normalized spacial score (nSPS) is 24.2. The van der Waals surface area contributed by atoms with Gasteiger partial charge in [0.2, 0.25) is 5.96 Å². The third-order valence-electron chi connectivity index (χ3n) is 6.09. The molecule has 3 aliphatic rings. The van der Waals surface area contributed by atoms with Crippen LogP contribution < -0.4 is 11.1 Å². The third-order valence-corrected chi connectivity index (χ3v) is 8.51. The molecule has 36 heavy (non-hydrogen) atoms. The summed E-state index contributed by atoms with van der Waals surface area (Å²) in [6, 6.07) is -0.633. The molecule has 0 saturated carbocycles. The molecule has 15 heteroatoms. The maximum absolute atomic E-state index is 12.9. The second-order valence-corrected chi connectivity index (χ2v) is 11.4. The molecule has 3 heterocycles. The van der Waals surface area contributed by atoms with Crippen LogP contribution in [0.2, 0.25) is 0 Å². The number of aliphatic imine (C=N–C) groups is 3. The molecule has 3 aliphatic heterocycles. The third kappa shape index (κ3) is 6.27. The van der Waals surface area contributed by atoms with Gasteiger partial charge in [-0.05, 0) is 7.05 Å². The minimum atomic E-state index is -0.633. The molecule has 2 atom stereocenters. The number of fused-ring (bicyclic) bond motifs is 1. The number of nitrogens with one attached hydrogen (secondary N) is 1. The molecule has 3 rings (SSSR count). The first kappa shape index (κ1) is 28.5. The number of hydrogen-bond donors (Lipinski definition) is 3. The van der Waals surface area contributed by atoms with Crippen molar-refractivity contribution in [3.8, 4) is 0 Å². The average molecular weight is 705 g/mol. The Morgan fingerprint density at radius 1 is 1.28 bits per heavy atom. The number of carbonyl (C=O) groups excluding carboxylic acids is 2. The molecule has 0 aromatic carbocycles. The number of carbonyl (C=O) groups is 2. The summed E-state index contributed by atoms with van der Waals surface area (Å²) in [5.41, 5.74) is 7.44. The molecule has 2 saturated heterocycles. The Hall–Kier alpha value is -2.02. The molecule has 0 bridgehead atoms. The Labute approximate surface area is 232 Å². The van der Waals surface area contributed by atoms with Gasteiger partial charge in [-0.2, -0.15) is 0 Å². The first-order chi connectivity index (χ1) is 17.1. The van der Waals surface area contributed by atoms with Crippen molar-refractivity contribution in [1.29, 1.82) is 0 Å². The number of hydrogen-bond acceptors (Lipinski definition) is 8. The second kappa shape index (κ2) is 12.5. The van der Waals surface area contributed by atoms with E-state index in [0.29, 0.717) is 9.77 Å². The van der Waals surface area contributed by atoms with Crippen LogP contribution in [0.3, 0.4) is 0 Å². The second-order valence-electron chi connectivity index (χ2n) is 8.40. The van der Waals surface area contributed by atoms with Crippen molar-refractivity contribution in [2.45, 2.75) is 18.3 Å². The van der Waals surface area contributed by atoms with Crippen molar-refractivity contribution >= 4 is 63.3 Å². The Bertz CT molecular complexity index is 1060. The molecule has 0 spiro atoms. The van der Waals surface area contributed by atoms with Gasteiger partial charge in [0.25, 0.3) is 0 Å². The van der Waals surface area contributed by atoms with Gasteiger partial charge in [0.1, 0.15) is 0 Å². The molecule has 3 N–H and O–H groups in total. The van der Waals surface area contributed by atoms with Gasteiger partial charge in [0.05, 0.1) is 0 Å². The van der Waals surface area contributed by atoms with E-state index in [1.54, 1.807) is 34.9 Å². The number of amidine groups is 1. The first-order valence-corrected chi connectivity index (χ1v) is 14.2. The number of hydrazone groups is 1. The van der Waals surface area contributed by atoms with E-state index >= 15 is 0 Å². The van der Waals surface area contributed by atoms with E-state index in [9.17, 15) is 9.59 Å². The summed E-state index contributed by atoms with van der Waals surface area (Å²) in [5, 5.41) is 9.06. The summed E-state index contributed by atoms with van der Waals surface area (Å²) < 4.78 is 0.410. The average Bonchev–Trinajstić information content (AvgIpc) is 2.83. The van der Waals surface area contributed by atoms with Gasteiger partial charge in [-0.3, -0.25) is 4.99 Å². The first-order valence-electron chi connectivity index (χ1n) is 11.3. The molecule has 2 fully saturated rings. The van der Waals surface area contributed by atoms with E-state index in [1.165, 1.54) is 7.05 Å². The number of thiol groups is 1. The topological polar surface area (TPSA) is 135 Å². The van der Waals surface area contributed by atoms with Crippen LogP contribution in [-0.2, 0) is 28.9 Å². The molecule has 12 nitrogen and oxygen atoms in total. The van der Waals surface area contributed by atoms with Gasteiger partial charge in [-0.15, -0.1) is 0 Å². The standard InChI is InChI=1S/C21H32N10O2S2.W/c1-13-14(10-26-29(5)21(24-3)30-8-6-28(4)7-9-30)12-35-19-16(18(33)31(13)19)27-17(32)15(23-2)11-25-20(22)34;/h10,16,19,34H,6-9,12,22H2,1-5H3,(H,27,32);/b23-15?,24-21?,26-10+;/t16-,19-;/m1./s1. The van der Waals surface area contributed by atoms with Crippen molar-refractivity contribution in [2.24, 2.45) is 25.8 Å². The molecule has 196 valence electrons. The number of β-lactam (4-membered cyclic amide) rings is 1. The minimum absolute atomic E-state index is 0.0455. The fourth-order valence-electron chi connectivity index (χ4n) is 4.06.